The Bertz CT molecular complexity index is 875. The Morgan fingerprint density at radius 1 is 1.11 bits per heavy atom. The molecular weight excluding hydrogens is 405 g/mol. The number of carbonyl (C=O) groups excluding carboxylic acids is 3. The van der Waals surface area contributed by atoms with Crippen molar-refractivity contribution in [1.29, 1.82) is 0 Å². The van der Waals surface area contributed by atoms with Crippen molar-refractivity contribution in [3.63, 3.8) is 0 Å². The fourth-order valence-electron chi connectivity index (χ4n) is 2.08. The largest absolute Gasteiger partial charge is 0.351 e. The van der Waals surface area contributed by atoms with E-state index in [1.54, 1.807) is 38.4 Å². The molecule has 2 aromatic carbocycles. The van der Waals surface area contributed by atoms with Crippen molar-refractivity contribution in [2.24, 2.45) is 0 Å². The van der Waals surface area contributed by atoms with Crippen LogP contribution in [0.5, 0.6) is 0 Å². The number of hydrogen-bond acceptors (Lipinski definition) is 4. The molecule has 0 aliphatic carbocycles. The molecule has 0 bridgehead atoms. The van der Waals surface area contributed by atoms with Crippen molar-refractivity contribution in [3.8, 4) is 0 Å². The van der Waals surface area contributed by atoms with Gasteiger partial charge in [0.15, 0.2) is 0 Å². The SMILES string of the molecule is CN(C)C(=O)Sc1ccc(NC(=O)CCNC(=O)c2ccc(F)cc2Cl)cc1. The summed E-state index contributed by atoms with van der Waals surface area (Å²) in [6.45, 7) is 0.101. The van der Waals surface area contributed by atoms with Crippen LogP contribution in [0.15, 0.2) is 47.4 Å². The van der Waals surface area contributed by atoms with Crippen LogP contribution < -0.4 is 10.6 Å². The number of halogens is 2. The van der Waals surface area contributed by atoms with E-state index >= 15 is 0 Å². The van der Waals surface area contributed by atoms with Gasteiger partial charge in [-0.05, 0) is 54.2 Å². The van der Waals surface area contributed by atoms with E-state index in [1.807, 2.05) is 0 Å². The number of amides is 3. The standard InChI is InChI=1S/C19H19ClFN3O3S/c1-24(2)19(27)28-14-6-4-13(5-7-14)23-17(25)9-10-22-18(26)15-8-3-12(21)11-16(15)20/h3-8,11H,9-10H2,1-2H3,(H,22,26)(H,23,25). The monoisotopic (exact) mass is 423 g/mol. The molecule has 3 amide bonds. The third kappa shape index (κ3) is 6.54. The fraction of sp³-hybridized carbons (Fsp3) is 0.211. The van der Waals surface area contributed by atoms with Crippen LogP contribution in [-0.4, -0.2) is 42.6 Å². The summed E-state index contributed by atoms with van der Waals surface area (Å²) >= 11 is 6.92. The summed E-state index contributed by atoms with van der Waals surface area (Å²) in [5.41, 5.74) is 0.725. The summed E-state index contributed by atoms with van der Waals surface area (Å²) < 4.78 is 13.0. The molecule has 0 fully saturated rings. The summed E-state index contributed by atoms with van der Waals surface area (Å²) in [5.74, 6) is -1.29. The highest BCUT2D eigenvalue weighted by Gasteiger charge is 2.12. The van der Waals surface area contributed by atoms with Crippen LogP contribution in [0.3, 0.4) is 0 Å². The number of nitrogens with zero attached hydrogens (tertiary/aromatic N) is 1. The molecule has 0 unspecified atom stereocenters. The van der Waals surface area contributed by atoms with Gasteiger partial charge in [-0.15, -0.1) is 0 Å². The zero-order valence-corrected chi connectivity index (χ0v) is 16.9. The van der Waals surface area contributed by atoms with Gasteiger partial charge in [0.05, 0.1) is 10.6 Å². The van der Waals surface area contributed by atoms with Gasteiger partial charge in [0.25, 0.3) is 11.1 Å². The molecule has 0 saturated heterocycles. The Labute approximate surface area is 171 Å². The molecule has 0 aromatic heterocycles. The lowest BCUT2D eigenvalue weighted by molar-refractivity contribution is -0.116. The normalized spacial score (nSPS) is 10.3. The van der Waals surface area contributed by atoms with Crippen molar-refractivity contribution in [2.75, 3.05) is 26.0 Å². The number of nitrogens with one attached hydrogen (secondary N) is 2. The third-order valence-electron chi connectivity index (χ3n) is 3.52. The minimum atomic E-state index is -0.531. The molecule has 2 rings (SSSR count). The average Bonchev–Trinajstić information content (AvgIpc) is 2.63. The average molecular weight is 424 g/mol. The molecule has 0 radical (unpaired) electrons. The maximum Gasteiger partial charge on any atom is 0.285 e. The quantitative estimate of drug-likeness (QED) is 0.688. The molecule has 28 heavy (non-hydrogen) atoms. The highest BCUT2D eigenvalue weighted by Crippen LogP contribution is 2.22. The molecule has 2 N–H and O–H groups in total. The first-order chi connectivity index (χ1) is 13.3. The topological polar surface area (TPSA) is 78.5 Å². The Balaban J connectivity index is 1.79. The summed E-state index contributed by atoms with van der Waals surface area (Å²) in [5, 5.41) is 5.19. The van der Waals surface area contributed by atoms with Gasteiger partial charge in [0.1, 0.15) is 5.82 Å². The number of anilines is 1. The minimum Gasteiger partial charge on any atom is -0.351 e. The van der Waals surface area contributed by atoms with E-state index in [0.717, 1.165) is 28.8 Å². The second-order valence-electron chi connectivity index (χ2n) is 5.97. The van der Waals surface area contributed by atoms with Gasteiger partial charge in [-0.2, -0.15) is 0 Å². The predicted octanol–water partition coefficient (Wildman–Crippen LogP) is 4.01. The first-order valence-electron chi connectivity index (χ1n) is 8.28. The van der Waals surface area contributed by atoms with Gasteiger partial charge in [0, 0.05) is 37.6 Å². The summed E-state index contributed by atoms with van der Waals surface area (Å²) in [6, 6.07) is 10.3. The Kier molecular flexibility index (Phi) is 7.83. The Morgan fingerprint density at radius 3 is 2.39 bits per heavy atom. The van der Waals surface area contributed by atoms with Crippen molar-refractivity contribution in [2.45, 2.75) is 11.3 Å². The molecule has 0 heterocycles. The molecule has 9 heteroatoms. The Morgan fingerprint density at radius 2 is 1.79 bits per heavy atom. The van der Waals surface area contributed by atoms with Gasteiger partial charge in [-0.1, -0.05) is 11.6 Å². The second-order valence-corrected chi connectivity index (χ2v) is 7.40. The number of rotatable bonds is 6. The number of hydrogen-bond donors (Lipinski definition) is 2. The van der Waals surface area contributed by atoms with Crippen molar-refractivity contribution >= 4 is 46.1 Å². The van der Waals surface area contributed by atoms with Crippen LogP contribution in [0.25, 0.3) is 0 Å². The van der Waals surface area contributed by atoms with Crippen LogP contribution in [0.4, 0.5) is 14.9 Å². The summed E-state index contributed by atoms with van der Waals surface area (Å²) in [4.78, 5) is 37.9. The number of benzene rings is 2. The van der Waals surface area contributed by atoms with Gasteiger partial charge >= 0.3 is 0 Å². The molecule has 0 spiro atoms. The van der Waals surface area contributed by atoms with Crippen LogP contribution in [0.2, 0.25) is 5.02 Å². The summed E-state index contributed by atoms with van der Waals surface area (Å²) in [6.07, 6.45) is 0.0557. The zero-order chi connectivity index (χ0) is 20.7. The van der Waals surface area contributed by atoms with Gasteiger partial charge < -0.3 is 15.5 Å². The molecule has 148 valence electrons. The lowest BCUT2D eigenvalue weighted by Gasteiger charge is -2.10. The molecule has 0 saturated carbocycles. The fourth-order valence-corrected chi connectivity index (χ4v) is 2.99. The zero-order valence-electron chi connectivity index (χ0n) is 15.3. The van der Waals surface area contributed by atoms with Crippen molar-refractivity contribution in [1.82, 2.24) is 10.2 Å². The molecule has 6 nitrogen and oxygen atoms in total. The second kappa shape index (κ2) is 10.1. The van der Waals surface area contributed by atoms with E-state index < -0.39 is 11.7 Å². The smallest absolute Gasteiger partial charge is 0.285 e. The van der Waals surface area contributed by atoms with Crippen LogP contribution in [0, 0.1) is 5.82 Å². The van der Waals surface area contributed by atoms with Crippen LogP contribution >= 0.6 is 23.4 Å². The van der Waals surface area contributed by atoms with E-state index in [-0.39, 0.29) is 34.7 Å². The highest BCUT2D eigenvalue weighted by atomic mass is 35.5. The van der Waals surface area contributed by atoms with Crippen molar-refractivity contribution in [3.05, 3.63) is 58.9 Å². The maximum absolute atomic E-state index is 13.0. The van der Waals surface area contributed by atoms with Gasteiger partial charge in [0.2, 0.25) is 5.91 Å². The molecule has 2 aromatic rings. The molecule has 0 aliphatic heterocycles. The first kappa shape index (κ1) is 21.7. The van der Waals surface area contributed by atoms with Gasteiger partial charge in [-0.3, -0.25) is 14.4 Å². The first-order valence-corrected chi connectivity index (χ1v) is 9.48. The van der Waals surface area contributed by atoms with E-state index in [1.165, 1.54) is 11.0 Å². The lowest BCUT2D eigenvalue weighted by Crippen LogP contribution is -2.27. The molecular formula is C19H19ClFN3O3S. The van der Waals surface area contributed by atoms with E-state index in [4.69, 9.17) is 11.6 Å². The third-order valence-corrected chi connectivity index (χ3v) is 4.88. The number of thioether (sulfide) groups is 1. The number of carbonyl (C=O) groups is 3. The minimum absolute atomic E-state index is 0.00709. The Hall–Kier alpha value is -2.58. The van der Waals surface area contributed by atoms with E-state index in [2.05, 4.69) is 10.6 Å². The van der Waals surface area contributed by atoms with Crippen molar-refractivity contribution < 1.29 is 18.8 Å². The van der Waals surface area contributed by atoms with E-state index in [9.17, 15) is 18.8 Å². The summed E-state index contributed by atoms with van der Waals surface area (Å²) in [7, 11) is 3.35. The molecule has 0 atom stereocenters. The van der Waals surface area contributed by atoms with Crippen LogP contribution in [-0.2, 0) is 4.79 Å². The highest BCUT2D eigenvalue weighted by molar-refractivity contribution is 8.13. The van der Waals surface area contributed by atoms with Crippen LogP contribution in [0.1, 0.15) is 16.8 Å². The maximum atomic E-state index is 13.0. The lowest BCUT2D eigenvalue weighted by atomic mass is 10.2. The van der Waals surface area contributed by atoms with E-state index in [0.29, 0.717) is 5.69 Å². The molecule has 0 aliphatic rings. The van der Waals surface area contributed by atoms with Gasteiger partial charge in [-0.25, -0.2) is 4.39 Å². The predicted molar refractivity (Wildman–Crippen MR) is 108 cm³/mol.